The van der Waals surface area contributed by atoms with Crippen LogP contribution in [0.2, 0.25) is 0 Å². The van der Waals surface area contributed by atoms with Gasteiger partial charge in [-0.25, -0.2) is 5.26 Å². The molecule has 0 spiro atoms. The summed E-state index contributed by atoms with van der Waals surface area (Å²) in [6.45, 7) is 3.68. The van der Waals surface area contributed by atoms with E-state index >= 15 is 0 Å². The Morgan fingerprint density at radius 2 is 1.79 bits per heavy atom. The maximum atomic E-state index is 8.70. The van der Waals surface area contributed by atoms with Crippen molar-refractivity contribution < 1.29 is 21.1 Å². The number of hydrogen-bond donors (Lipinski definition) is 0. The number of nitriles is 2. The molecule has 0 aromatic heterocycles. The summed E-state index contributed by atoms with van der Waals surface area (Å²) in [5, 5.41) is 17.4. The van der Waals surface area contributed by atoms with Crippen LogP contribution in [0.15, 0.2) is 6.07 Å². The Morgan fingerprint density at radius 3 is 2.21 bits per heavy atom. The van der Waals surface area contributed by atoms with Crippen molar-refractivity contribution >= 4 is 0 Å². The second kappa shape index (κ2) is 6.36. The maximum absolute atomic E-state index is 8.70. The third-order valence-corrected chi connectivity index (χ3v) is 1.62. The second-order valence-corrected chi connectivity index (χ2v) is 2.61. The molecule has 0 bridgehead atoms. The number of hydrogen-bond acceptors (Lipinski definition) is 2. The van der Waals surface area contributed by atoms with Gasteiger partial charge in [-0.3, -0.25) is 5.26 Å². The fourth-order valence-electron chi connectivity index (χ4n) is 1.12. The van der Waals surface area contributed by atoms with Gasteiger partial charge in [-0.05, 0) is 11.6 Å². The van der Waals surface area contributed by atoms with Crippen molar-refractivity contribution in [2.45, 2.75) is 13.8 Å². The van der Waals surface area contributed by atoms with Gasteiger partial charge in [-0.15, -0.1) is 23.3 Å². The first kappa shape index (κ1) is 15.4. The minimum absolute atomic E-state index is 0. The van der Waals surface area contributed by atoms with Gasteiger partial charge >= 0.3 is 21.1 Å². The van der Waals surface area contributed by atoms with Crippen molar-refractivity contribution in [3.05, 3.63) is 41.8 Å². The molecule has 1 aromatic rings. The Morgan fingerprint density at radius 1 is 1.21 bits per heavy atom. The van der Waals surface area contributed by atoms with Crippen molar-refractivity contribution in [2.75, 3.05) is 0 Å². The molecule has 70 valence electrons. The molecule has 0 fully saturated rings. The van der Waals surface area contributed by atoms with Crippen LogP contribution in [0.4, 0.5) is 0 Å². The molecule has 0 unspecified atom stereocenters. The van der Waals surface area contributed by atoms with Crippen LogP contribution < -0.4 is 0 Å². The van der Waals surface area contributed by atoms with E-state index in [0.29, 0.717) is 11.1 Å². The summed E-state index contributed by atoms with van der Waals surface area (Å²) in [5.74, 6) is 0. The SMILES string of the molecule is Cc1[c-]c(C#N)c(C#N)c(C)c1.[CH3-].[W+2]. The van der Waals surface area contributed by atoms with Gasteiger partial charge in [0.15, 0.2) is 0 Å². The summed E-state index contributed by atoms with van der Waals surface area (Å²) in [5.41, 5.74) is 2.51. The molecule has 0 saturated carbocycles. The van der Waals surface area contributed by atoms with Gasteiger partial charge in [-0.1, -0.05) is 19.4 Å². The van der Waals surface area contributed by atoms with Crippen molar-refractivity contribution in [2.24, 2.45) is 0 Å². The first-order valence-corrected chi connectivity index (χ1v) is 3.52. The van der Waals surface area contributed by atoms with Crippen molar-refractivity contribution in [3.63, 3.8) is 0 Å². The van der Waals surface area contributed by atoms with Crippen LogP contribution in [0.1, 0.15) is 22.3 Å². The third-order valence-electron chi connectivity index (χ3n) is 1.62. The number of nitrogens with zero attached hydrogens (tertiary/aromatic N) is 2. The van der Waals surface area contributed by atoms with Gasteiger partial charge in [0.25, 0.3) is 0 Å². The summed E-state index contributed by atoms with van der Waals surface area (Å²) in [6, 6.07) is 8.62. The number of rotatable bonds is 0. The minimum Gasteiger partial charge on any atom is -0.358 e. The molecule has 0 atom stereocenters. The van der Waals surface area contributed by atoms with E-state index in [4.69, 9.17) is 10.5 Å². The normalized spacial score (nSPS) is 7.43. The molecule has 0 saturated heterocycles. The average Bonchev–Trinajstić information content (AvgIpc) is 2.03. The molecule has 0 aliphatic heterocycles. The monoisotopic (exact) mass is 354 g/mol. The van der Waals surface area contributed by atoms with Crippen LogP contribution in [0, 0.1) is 50.0 Å². The summed E-state index contributed by atoms with van der Waals surface area (Å²) >= 11 is 0. The van der Waals surface area contributed by atoms with E-state index in [2.05, 4.69) is 6.07 Å². The molecule has 0 aliphatic carbocycles. The molecule has 1 rings (SSSR count). The molecular weight excluding hydrogens is 344 g/mol. The van der Waals surface area contributed by atoms with Crippen LogP contribution >= 0.6 is 0 Å². The largest absolute Gasteiger partial charge is 2.00 e. The minimum atomic E-state index is 0. The third kappa shape index (κ3) is 2.98. The zero-order valence-corrected chi connectivity index (χ0v) is 11.3. The molecule has 14 heavy (non-hydrogen) atoms. The van der Waals surface area contributed by atoms with E-state index in [1.807, 2.05) is 32.1 Å². The van der Waals surface area contributed by atoms with Crippen LogP contribution in [0.3, 0.4) is 0 Å². The van der Waals surface area contributed by atoms with Crippen LogP contribution in [0.5, 0.6) is 0 Å². The van der Waals surface area contributed by atoms with E-state index in [0.717, 1.165) is 11.1 Å². The van der Waals surface area contributed by atoms with Gasteiger partial charge in [0, 0.05) is 6.07 Å². The maximum Gasteiger partial charge on any atom is 2.00 e. The molecule has 2 nitrogen and oxygen atoms in total. The summed E-state index contributed by atoms with van der Waals surface area (Å²) in [4.78, 5) is 0. The van der Waals surface area contributed by atoms with E-state index in [1.54, 1.807) is 0 Å². The quantitative estimate of drug-likeness (QED) is 0.672. The first-order valence-electron chi connectivity index (χ1n) is 3.52. The van der Waals surface area contributed by atoms with Crippen molar-refractivity contribution in [1.29, 1.82) is 10.5 Å². The number of benzene rings is 1. The zero-order valence-electron chi connectivity index (χ0n) is 8.38. The smallest absolute Gasteiger partial charge is 0.358 e. The summed E-state index contributed by atoms with van der Waals surface area (Å²) in [7, 11) is 0. The fourth-order valence-corrected chi connectivity index (χ4v) is 1.12. The van der Waals surface area contributed by atoms with Crippen molar-refractivity contribution in [1.82, 2.24) is 0 Å². The predicted molar refractivity (Wildman–Crippen MR) is 50.6 cm³/mol. The molecular formula is C11H10N2W. The van der Waals surface area contributed by atoms with E-state index in [-0.39, 0.29) is 28.5 Å². The van der Waals surface area contributed by atoms with Crippen LogP contribution in [0.25, 0.3) is 0 Å². The zero-order chi connectivity index (χ0) is 9.14. The van der Waals surface area contributed by atoms with Crippen LogP contribution in [-0.4, -0.2) is 0 Å². The Kier molecular flexibility index (Phi) is 6.98. The number of aryl methyl sites for hydroxylation is 2. The van der Waals surface area contributed by atoms with Crippen LogP contribution in [-0.2, 0) is 21.1 Å². The Balaban J connectivity index is 0. The molecule has 0 radical (unpaired) electrons. The Hall–Kier alpha value is -1.11. The Bertz CT molecular complexity index is 397. The fraction of sp³-hybridized carbons (Fsp3) is 0.182. The van der Waals surface area contributed by atoms with Gasteiger partial charge in [0.05, 0.1) is 0 Å². The standard InChI is InChI=1S/C10H7N2.CH3.W/c1-7-3-8(2)10(6-12)9(4-7)5-11;;/h3H,1-2H3;1H3;/q2*-1;+2. The van der Waals surface area contributed by atoms with E-state index in [1.165, 1.54) is 0 Å². The van der Waals surface area contributed by atoms with Gasteiger partial charge in [0.2, 0.25) is 0 Å². The average molecular weight is 354 g/mol. The molecule has 0 heterocycles. The summed E-state index contributed by atoms with van der Waals surface area (Å²) < 4.78 is 0. The summed E-state index contributed by atoms with van der Waals surface area (Å²) in [6.07, 6.45) is 0. The predicted octanol–water partition coefficient (Wildman–Crippen LogP) is 2.29. The molecule has 1 aromatic carbocycles. The molecule has 3 heteroatoms. The van der Waals surface area contributed by atoms with Gasteiger partial charge in [0.1, 0.15) is 0 Å². The first-order chi connectivity index (χ1) is 5.69. The molecule has 0 aliphatic rings. The van der Waals surface area contributed by atoms with E-state index in [9.17, 15) is 0 Å². The Labute approximate surface area is 99.4 Å². The van der Waals surface area contributed by atoms with Crippen molar-refractivity contribution in [3.8, 4) is 12.1 Å². The molecule has 0 amide bonds. The van der Waals surface area contributed by atoms with Gasteiger partial charge < -0.3 is 7.43 Å². The second-order valence-electron chi connectivity index (χ2n) is 2.61. The topological polar surface area (TPSA) is 47.6 Å². The van der Waals surface area contributed by atoms with E-state index < -0.39 is 0 Å². The molecule has 0 N–H and O–H groups in total. The van der Waals surface area contributed by atoms with Gasteiger partial charge in [-0.2, -0.15) is 0 Å².